The number of imide groups is 1. The minimum absolute atomic E-state index is 0. The number of amides is 3. The Balaban J connectivity index is 0.00000169. The van der Waals surface area contributed by atoms with Crippen LogP contribution in [0.3, 0.4) is 0 Å². The molecule has 0 spiro atoms. The van der Waals surface area contributed by atoms with Gasteiger partial charge in [0, 0.05) is 19.6 Å². The Kier molecular flexibility index (Phi) is 4.97. The molecule has 5 atom stereocenters. The van der Waals surface area contributed by atoms with Crippen molar-refractivity contribution in [3.63, 3.8) is 0 Å². The number of hydrogen-bond donors (Lipinski definition) is 2. The summed E-state index contributed by atoms with van der Waals surface area (Å²) in [5.41, 5.74) is 0. The first-order valence-electron chi connectivity index (χ1n) is 8.69. The van der Waals surface area contributed by atoms with Crippen LogP contribution in [-0.2, 0) is 14.4 Å². The number of piperidine rings is 1. The molecule has 2 N–H and O–H groups in total. The van der Waals surface area contributed by atoms with E-state index in [1.54, 1.807) is 0 Å². The van der Waals surface area contributed by atoms with E-state index in [9.17, 15) is 14.4 Å². The molecule has 4 aliphatic rings. The summed E-state index contributed by atoms with van der Waals surface area (Å²) in [4.78, 5) is 38.5. The average Bonchev–Trinajstić information content (AvgIpc) is 3.25. The van der Waals surface area contributed by atoms with Gasteiger partial charge in [-0.15, -0.1) is 12.4 Å². The fraction of sp³-hybridized carbons (Fsp3) is 0.706. The second-order valence-electron chi connectivity index (χ2n) is 7.16. The Hall–Kier alpha value is -1.40. The largest absolute Gasteiger partial charge is 0.354 e. The molecule has 2 aliphatic heterocycles. The zero-order valence-corrected chi connectivity index (χ0v) is 14.4. The van der Waals surface area contributed by atoms with E-state index in [1.165, 1.54) is 4.90 Å². The van der Waals surface area contributed by atoms with E-state index >= 15 is 0 Å². The number of nitrogens with zero attached hydrogens (tertiary/aromatic N) is 1. The molecule has 4 rings (SSSR count). The molecule has 24 heavy (non-hydrogen) atoms. The van der Waals surface area contributed by atoms with Crippen LogP contribution in [0, 0.1) is 29.6 Å². The molecule has 2 heterocycles. The lowest BCUT2D eigenvalue weighted by atomic mass is 9.85. The monoisotopic (exact) mass is 353 g/mol. The summed E-state index contributed by atoms with van der Waals surface area (Å²) in [5, 5.41) is 6.10. The maximum absolute atomic E-state index is 12.5. The van der Waals surface area contributed by atoms with Gasteiger partial charge >= 0.3 is 0 Å². The summed E-state index contributed by atoms with van der Waals surface area (Å²) in [5.74, 6) is 0.164. The topological polar surface area (TPSA) is 78.5 Å². The molecule has 0 aromatic heterocycles. The van der Waals surface area contributed by atoms with Crippen molar-refractivity contribution in [2.24, 2.45) is 29.6 Å². The van der Waals surface area contributed by atoms with Crippen molar-refractivity contribution in [2.45, 2.75) is 19.3 Å². The summed E-state index contributed by atoms with van der Waals surface area (Å²) in [6.07, 6.45) is 7.06. The van der Waals surface area contributed by atoms with E-state index in [-0.39, 0.29) is 59.7 Å². The van der Waals surface area contributed by atoms with Gasteiger partial charge in [0.2, 0.25) is 17.7 Å². The van der Waals surface area contributed by atoms with E-state index in [0.29, 0.717) is 19.6 Å². The Bertz CT molecular complexity index is 543. The summed E-state index contributed by atoms with van der Waals surface area (Å²) < 4.78 is 0. The lowest BCUT2D eigenvalue weighted by Gasteiger charge is -2.23. The van der Waals surface area contributed by atoms with Gasteiger partial charge in [0.15, 0.2) is 0 Å². The molecule has 5 unspecified atom stereocenters. The third-order valence-electron chi connectivity index (χ3n) is 5.86. The van der Waals surface area contributed by atoms with Crippen LogP contribution in [0.2, 0.25) is 0 Å². The maximum Gasteiger partial charge on any atom is 0.233 e. The maximum atomic E-state index is 12.5. The van der Waals surface area contributed by atoms with Crippen LogP contribution in [-0.4, -0.2) is 48.8 Å². The van der Waals surface area contributed by atoms with Gasteiger partial charge in [-0.3, -0.25) is 19.3 Å². The molecule has 2 bridgehead atoms. The number of allylic oxidation sites excluding steroid dienone is 2. The molecule has 3 fully saturated rings. The van der Waals surface area contributed by atoms with Crippen LogP contribution in [0.1, 0.15) is 19.3 Å². The molecule has 0 radical (unpaired) electrons. The van der Waals surface area contributed by atoms with Crippen molar-refractivity contribution in [3.05, 3.63) is 12.2 Å². The van der Waals surface area contributed by atoms with Crippen molar-refractivity contribution >= 4 is 30.1 Å². The van der Waals surface area contributed by atoms with Gasteiger partial charge in [0.1, 0.15) is 0 Å². The van der Waals surface area contributed by atoms with Crippen molar-refractivity contribution in [2.75, 3.05) is 26.2 Å². The van der Waals surface area contributed by atoms with Crippen molar-refractivity contribution in [1.82, 2.24) is 15.5 Å². The van der Waals surface area contributed by atoms with Crippen LogP contribution >= 0.6 is 12.4 Å². The number of fused-ring (bicyclic) bond motifs is 5. The summed E-state index contributed by atoms with van der Waals surface area (Å²) >= 11 is 0. The number of carbonyl (C=O) groups is 3. The minimum atomic E-state index is -0.143. The van der Waals surface area contributed by atoms with Gasteiger partial charge in [-0.2, -0.15) is 0 Å². The van der Waals surface area contributed by atoms with Crippen LogP contribution < -0.4 is 10.6 Å². The predicted octanol–water partition coefficient (Wildman–Crippen LogP) is 0.331. The van der Waals surface area contributed by atoms with Gasteiger partial charge in [0.05, 0.1) is 17.8 Å². The molecule has 132 valence electrons. The van der Waals surface area contributed by atoms with Gasteiger partial charge < -0.3 is 10.6 Å². The second kappa shape index (κ2) is 6.84. The first-order valence-corrected chi connectivity index (χ1v) is 8.69. The van der Waals surface area contributed by atoms with E-state index in [1.807, 2.05) is 0 Å². The second-order valence-corrected chi connectivity index (χ2v) is 7.16. The number of likely N-dealkylation sites (tertiary alicyclic amines) is 1. The molecule has 2 saturated heterocycles. The van der Waals surface area contributed by atoms with E-state index in [2.05, 4.69) is 22.8 Å². The Morgan fingerprint density at radius 1 is 1.21 bits per heavy atom. The van der Waals surface area contributed by atoms with Crippen LogP contribution in [0.25, 0.3) is 0 Å². The molecule has 0 aromatic carbocycles. The SMILES string of the molecule is Cl.O=C(NCCN1C(=O)C2C3C=CC(C3)C2C1=O)C1CCCNC1. The minimum Gasteiger partial charge on any atom is -0.354 e. The number of hydrogen-bond acceptors (Lipinski definition) is 4. The first kappa shape index (κ1) is 17.4. The molecular formula is C17H24ClN3O3. The normalized spacial score (nSPS) is 36.7. The van der Waals surface area contributed by atoms with Crippen molar-refractivity contribution in [3.8, 4) is 0 Å². The molecule has 0 aromatic rings. The highest BCUT2D eigenvalue weighted by atomic mass is 35.5. The average molecular weight is 354 g/mol. The van der Waals surface area contributed by atoms with Crippen molar-refractivity contribution in [1.29, 1.82) is 0 Å². The van der Waals surface area contributed by atoms with Gasteiger partial charge in [-0.05, 0) is 37.6 Å². The zero-order chi connectivity index (χ0) is 16.0. The third kappa shape index (κ3) is 2.75. The van der Waals surface area contributed by atoms with E-state index < -0.39 is 0 Å². The van der Waals surface area contributed by atoms with Crippen molar-refractivity contribution < 1.29 is 14.4 Å². The molecule has 7 heteroatoms. The number of halogens is 1. The van der Waals surface area contributed by atoms with Gasteiger partial charge in [0.25, 0.3) is 0 Å². The fourth-order valence-electron chi connectivity index (χ4n) is 4.70. The lowest BCUT2D eigenvalue weighted by Crippen LogP contribution is -2.44. The zero-order valence-electron chi connectivity index (χ0n) is 13.6. The Morgan fingerprint density at radius 2 is 1.88 bits per heavy atom. The van der Waals surface area contributed by atoms with Gasteiger partial charge in [-0.1, -0.05) is 12.2 Å². The summed E-state index contributed by atoms with van der Waals surface area (Å²) in [7, 11) is 0. The summed E-state index contributed by atoms with van der Waals surface area (Å²) in [6, 6.07) is 0. The van der Waals surface area contributed by atoms with Crippen LogP contribution in [0.5, 0.6) is 0 Å². The predicted molar refractivity (Wildman–Crippen MR) is 90.3 cm³/mol. The number of carbonyl (C=O) groups excluding carboxylic acids is 3. The van der Waals surface area contributed by atoms with E-state index in [0.717, 1.165) is 25.8 Å². The molecule has 2 aliphatic carbocycles. The first-order chi connectivity index (χ1) is 11.2. The van der Waals surface area contributed by atoms with Crippen LogP contribution in [0.15, 0.2) is 12.2 Å². The number of rotatable bonds is 4. The lowest BCUT2D eigenvalue weighted by molar-refractivity contribution is -0.141. The quantitative estimate of drug-likeness (QED) is 0.564. The smallest absolute Gasteiger partial charge is 0.233 e. The molecular weight excluding hydrogens is 330 g/mol. The molecule has 3 amide bonds. The molecule has 6 nitrogen and oxygen atoms in total. The van der Waals surface area contributed by atoms with Crippen LogP contribution in [0.4, 0.5) is 0 Å². The Morgan fingerprint density at radius 3 is 2.46 bits per heavy atom. The highest BCUT2D eigenvalue weighted by molar-refractivity contribution is 6.06. The number of nitrogens with one attached hydrogen (secondary N) is 2. The molecule has 1 saturated carbocycles. The third-order valence-corrected chi connectivity index (χ3v) is 5.86. The summed E-state index contributed by atoms with van der Waals surface area (Å²) in [6.45, 7) is 2.34. The highest BCUT2D eigenvalue weighted by Crippen LogP contribution is 2.52. The van der Waals surface area contributed by atoms with E-state index in [4.69, 9.17) is 0 Å². The highest BCUT2D eigenvalue weighted by Gasteiger charge is 2.58. The Labute approximate surface area is 147 Å². The van der Waals surface area contributed by atoms with Gasteiger partial charge in [-0.25, -0.2) is 0 Å². The fourth-order valence-corrected chi connectivity index (χ4v) is 4.70. The standard InChI is InChI=1S/C17H23N3O3.ClH/c21-15(12-2-1-5-18-9-12)19-6-7-20-16(22)13-10-3-4-11(8-10)14(13)17(20)23;/h3-4,10-14,18H,1-2,5-9H2,(H,19,21);1H.